The summed E-state index contributed by atoms with van der Waals surface area (Å²) in [5, 5.41) is 0. The van der Waals surface area contributed by atoms with E-state index in [2.05, 4.69) is 6.92 Å². The SMILES string of the molecule is CC1CC(N)C2(CC2)C1. The third kappa shape index (κ3) is 0.710. The Balaban J connectivity index is 2.10. The van der Waals surface area contributed by atoms with Gasteiger partial charge >= 0.3 is 0 Å². The van der Waals surface area contributed by atoms with Crippen molar-refractivity contribution in [3.63, 3.8) is 0 Å². The minimum absolute atomic E-state index is 0.549. The molecule has 2 atom stereocenters. The van der Waals surface area contributed by atoms with Crippen molar-refractivity contribution < 1.29 is 0 Å². The Morgan fingerprint density at radius 1 is 1.44 bits per heavy atom. The Morgan fingerprint density at radius 2 is 2.11 bits per heavy atom. The smallest absolute Gasteiger partial charge is 0.00982 e. The van der Waals surface area contributed by atoms with E-state index in [1.807, 2.05) is 0 Å². The molecule has 0 aromatic rings. The maximum Gasteiger partial charge on any atom is 0.00982 e. The zero-order valence-electron chi connectivity index (χ0n) is 6.06. The summed E-state index contributed by atoms with van der Waals surface area (Å²) >= 11 is 0. The molecule has 2 saturated carbocycles. The van der Waals surface area contributed by atoms with Crippen LogP contribution in [0.4, 0.5) is 0 Å². The summed E-state index contributed by atoms with van der Waals surface area (Å²) in [7, 11) is 0. The highest BCUT2D eigenvalue weighted by Crippen LogP contribution is 2.58. The quantitative estimate of drug-likeness (QED) is 0.522. The van der Waals surface area contributed by atoms with Crippen molar-refractivity contribution in [2.45, 2.75) is 38.6 Å². The third-order valence-electron chi connectivity index (χ3n) is 3.09. The largest absolute Gasteiger partial charge is 0.327 e. The molecular weight excluding hydrogens is 110 g/mol. The van der Waals surface area contributed by atoms with Gasteiger partial charge in [-0.05, 0) is 37.0 Å². The average molecular weight is 125 g/mol. The lowest BCUT2D eigenvalue weighted by atomic mass is 10.0. The third-order valence-corrected chi connectivity index (χ3v) is 3.09. The highest BCUT2D eigenvalue weighted by atomic mass is 14.8. The highest BCUT2D eigenvalue weighted by Gasteiger charge is 2.52. The fourth-order valence-electron chi connectivity index (χ4n) is 2.35. The average Bonchev–Trinajstić information content (AvgIpc) is 2.42. The van der Waals surface area contributed by atoms with E-state index < -0.39 is 0 Å². The number of hydrogen-bond donors (Lipinski definition) is 1. The van der Waals surface area contributed by atoms with E-state index in [0.29, 0.717) is 11.5 Å². The summed E-state index contributed by atoms with van der Waals surface area (Å²) in [6.45, 7) is 2.33. The predicted molar refractivity (Wildman–Crippen MR) is 38.0 cm³/mol. The molecule has 1 spiro atoms. The molecule has 1 nitrogen and oxygen atoms in total. The second-order valence-corrected chi connectivity index (χ2v) is 4.01. The van der Waals surface area contributed by atoms with Crippen molar-refractivity contribution in [3.8, 4) is 0 Å². The highest BCUT2D eigenvalue weighted by molar-refractivity contribution is 5.06. The van der Waals surface area contributed by atoms with Crippen molar-refractivity contribution in [2.75, 3.05) is 0 Å². The molecular formula is C8H15N. The summed E-state index contributed by atoms with van der Waals surface area (Å²) in [5.41, 5.74) is 6.62. The monoisotopic (exact) mass is 125 g/mol. The van der Waals surface area contributed by atoms with E-state index >= 15 is 0 Å². The second-order valence-electron chi connectivity index (χ2n) is 4.01. The van der Waals surface area contributed by atoms with E-state index in [0.717, 1.165) is 5.92 Å². The molecule has 0 radical (unpaired) electrons. The molecule has 0 heterocycles. The number of nitrogens with two attached hydrogens (primary N) is 1. The van der Waals surface area contributed by atoms with Gasteiger partial charge in [-0.2, -0.15) is 0 Å². The molecule has 2 N–H and O–H groups in total. The molecule has 0 bridgehead atoms. The first kappa shape index (κ1) is 5.72. The molecule has 1 heteroatoms. The van der Waals surface area contributed by atoms with Crippen LogP contribution in [0.1, 0.15) is 32.6 Å². The molecule has 2 rings (SSSR count). The molecule has 9 heavy (non-hydrogen) atoms. The van der Waals surface area contributed by atoms with Crippen LogP contribution < -0.4 is 5.73 Å². The minimum Gasteiger partial charge on any atom is -0.327 e. The van der Waals surface area contributed by atoms with Gasteiger partial charge in [0.1, 0.15) is 0 Å². The lowest BCUT2D eigenvalue weighted by Gasteiger charge is -2.10. The summed E-state index contributed by atoms with van der Waals surface area (Å²) in [6, 6.07) is 0.549. The maximum absolute atomic E-state index is 5.97. The van der Waals surface area contributed by atoms with Gasteiger partial charge in [0.05, 0.1) is 0 Å². The van der Waals surface area contributed by atoms with Crippen molar-refractivity contribution in [3.05, 3.63) is 0 Å². The maximum atomic E-state index is 5.97. The standard InChI is InChI=1S/C8H15N/c1-6-4-7(9)8(5-6)2-3-8/h6-7H,2-5,9H2,1H3. The lowest BCUT2D eigenvalue weighted by molar-refractivity contribution is 0.455. The number of hydrogen-bond acceptors (Lipinski definition) is 1. The number of rotatable bonds is 0. The molecule has 52 valence electrons. The second kappa shape index (κ2) is 1.51. The van der Waals surface area contributed by atoms with E-state index in [9.17, 15) is 0 Å². The Kier molecular flexibility index (Phi) is 0.963. The molecule has 0 aromatic carbocycles. The van der Waals surface area contributed by atoms with Crippen LogP contribution in [0.15, 0.2) is 0 Å². The van der Waals surface area contributed by atoms with Crippen LogP contribution in [0.25, 0.3) is 0 Å². The first-order valence-corrected chi connectivity index (χ1v) is 3.98. The zero-order chi connectivity index (χ0) is 6.48. The van der Waals surface area contributed by atoms with Gasteiger partial charge in [0.25, 0.3) is 0 Å². The molecule has 0 amide bonds. The van der Waals surface area contributed by atoms with Gasteiger partial charge in [0.15, 0.2) is 0 Å². The van der Waals surface area contributed by atoms with Gasteiger partial charge in [-0.25, -0.2) is 0 Å². The zero-order valence-corrected chi connectivity index (χ0v) is 6.06. The Hall–Kier alpha value is -0.0400. The van der Waals surface area contributed by atoms with Crippen molar-refractivity contribution in [1.82, 2.24) is 0 Å². The first-order chi connectivity index (χ1) is 4.23. The van der Waals surface area contributed by atoms with Crippen LogP contribution in [0.5, 0.6) is 0 Å². The van der Waals surface area contributed by atoms with Crippen LogP contribution in [-0.4, -0.2) is 6.04 Å². The van der Waals surface area contributed by atoms with Gasteiger partial charge < -0.3 is 5.73 Å². The summed E-state index contributed by atoms with van der Waals surface area (Å²) in [5.74, 6) is 0.905. The predicted octanol–water partition coefficient (Wildman–Crippen LogP) is 1.52. The van der Waals surface area contributed by atoms with Crippen LogP contribution in [-0.2, 0) is 0 Å². The van der Waals surface area contributed by atoms with E-state index in [1.54, 1.807) is 0 Å². The Labute approximate surface area is 56.6 Å². The molecule has 2 aliphatic rings. The van der Waals surface area contributed by atoms with Crippen molar-refractivity contribution in [2.24, 2.45) is 17.1 Å². The van der Waals surface area contributed by atoms with Gasteiger partial charge in [-0.15, -0.1) is 0 Å². The van der Waals surface area contributed by atoms with Crippen LogP contribution in [0, 0.1) is 11.3 Å². The van der Waals surface area contributed by atoms with Crippen LogP contribution >= 0.6 is 0 Å². The first-order valence-electron chi connectivity index (χ1n) is 3.98. The topological polar surface area (TPSA) is 26.0 Å². The molecule has 2 unspecified atom stereocenters. The van der Waals surface area contributed by atoms with Gasteiger partial charge in [0.2, 0.25) is 0 Å². The van der Waals surface area contributed by atoms with E-state index in [-0.39, 0.29) is 0 Å². The molecule has 0 saturated heterocycles. The van der Waals surface area contributed by atoms with Gasteiger partial charge in [-0.1, -0.05) is 6.92 Å². The summed E-state index contributed by atoms with van der Waals surface area (Å²) in [6.07, 6.45) is 5.52. The molecule has 0 aromatic heterocycles. The van der Waals surface area contributed by atoms with Crippen LogP contribution in [0.2, 0.25) is 0 Å². The van der Waals surface area contributed by atoms with E-state index in [4.69, 9.17) is 5.73 Å². The van der Waals surface area contributed by atoms with Gasteiger partial charge in [-0.3, -0.25) is 0 Å². The van der Waals surface area contributed by atoms with Gasteiger partial charge in [0, 0.05) is 6.04 Å². The fourth-order valence-corrected chi connectivity index (χ4v) is 2.35. The van der Waals surface area contributed by atoms with Crippen molar-refractivity contribution in [1.29, 1.82) is 0 Å². The fraction of sp³-hybridized carbons (Fsp3) is 1.00. The molecule has 0 aliphatic heterocycles. The Bertz CT molecular complexity index is 127. The van der Waals surface area contributed by atoms with Crippen molar-refractivity contribution >= 4 is 0 Å². The summed E-state index contributed by atoms with van der Waals surface area (Å²) in [4.78, 5) is 0. The minimum atomic E-state index is 0.549. The Morgan fingerprint density at radius 3 is 2.33 bits per heavy atom. The van der Waals surface area contributed by atoms with Crippen LogP contribution in [0.3, 0.4) is 0 Å². The lowest BCUT2D eigenvalue weighted by Crippen LogP contribution is -2.25. The summed E-state index contributed by atoms with van der Waals surface area (Å²) < 4.78 is 0. The normalized spacial score (nSPS) is 46.0. The van der Waals surface area contributed by atoms with E-state index in [1.165, 1.54) is 25.7 Å². The molecule has 2 aliphatic carbocycles. The molecule has 2 fully saturated rings.